The lowest BCUT2D eigenvalue weighted by atomic mass is 10.2. The van der Waals surface area contributed by atoms with Crippen LogP contribution >= 0.6 is 12.4 Å². The fraction of sp³-hybridized carbons (Fsp3) is 1.00. The molecule has 1 fully saturated rings. The maximum absolute atomic E-state index is 6.26. The summed E-state index contributed by atoms with van der Waals surface area (Å²) in [4.78, 5) is 0. The Morgan fingerprint density at radius 1 is 1.31 bits per heavy atom. The molecule has 2 atom stereocenters. The second-order valence-corrected chi connectivity index (χ2v) is 10.6. The minimum absolute atomic E-state index is 0. The lowest BCUT2D eigenvalue weighted by Gasteiger charge is -2.42. The third-order valence-corrected chi connectivity index (χ3v) is 7.94. The molecule has 3 nitrogen and oxygen atoms in total. The molecule has 0 aliphatic carbocycles. The van der Waals surface area contributed by atoms with Crippen molar-refractivity contribution in [2.45, 2.75) is 58.2 Å². The van der Waals surface area contributed by atoms with E-state index in [1.54, 1.807) is 0 Å². The first kappa shape index (κ1) is 16.4. The summed E-state index contributed by atoms with van der Waals surface area (Å²) < 4.78 is 11.8. The van der Waals surface area contributed by atoms with Crippen LogP contribution in [-0.4, -0.2) is 33.8 Å². The van der Waals surface area contributed by atoms with Gasteiger partial charge < -0.3 is 9.16 Å². The molecule has 0 amide bonds. The lowest BCUT2D eigenvalue weighted by Crippen LogP contribution is -2.55. The number of rotatable bonds is 2. The number of halogens is 1. The number of hydrogen-bond acceptors (Lipinski definition) is 3. The Labute approximate surface area is 107 Å². The molecule has 1 aliphatic heterocycles. The van der Waals surface area contributed by atoms with E-state index in [0.717, 1.165) is 13.2 Å². The van der Waals surface area contributed by atoms with E-state index < -0.39 is 8.32 Å². The Bertz CT molecular complexity index is 219. The van der Waals surface area contributed by atoms with E-state index in [0.29, 0.717) is 0 Å². The zero-order valence-corrected chi connectivity index (χ0v) is 13.1. The van der Waals surface area contributed by atoms with E-state index in [1.807, 2.05) is 0 Å². The van der Waals surface area contributed by atoms with Crippen molar-refractivity contribution in [1.29, 1.82) is 0 Å². The summed E-state index contributed by atoms with van der Waals surface area (Å²) in [6.45, 7) is 15.1. The molecule has 0 aromatic heterocycles. The molecule has 1 heterocycles. The summed E-state index contributed by atoms with van der Waals surface area (Å²) in [7, 11) is -1.68. The highest BCUT2D eigenvalue weighted by Gasteiger charge is 2.40. The van der Waals surface area contributed by atoms with E-state index in [4.69, 9.17) is 9.16 Å². The van der Waals surface area contributed by atoms with Gasteiger partial charge in [-0.25, -0.2) is 0 Å². The van der Waals surface area contributed by atoms with Crippen molar-refractivity contribution in [3.63, 3.8) is 0 Å². The quantitative estimate of drug-likeness (QED) is 0.781. The van der Waals surface area contributed by atoms with Crippen LogP contribution in [0.1, 0.15) is 27.7 Å². The van der Waals surface area contributed by atoms with E-state index in [2.05, 4.69) is 46.1 Å². The summed E-state index contributed by atoms with van der Waals surface area (Å²) in [6.07, 6.45) is 0.229. The van der Waals surface area contributed by atoms with Crippen LogP contribution in [0.5, 0.6) is 0 Å². The zero-order chi connectivity index (χ0) is 11.7. The summed E-state index contributed by atoms with van der Waals surface area (Å²) in [6, 6.07) is 0. The first-order valence-electron chi connectivity index (χ1n) is 5.77. The van der Waals surface area contributed by atoms with E-state index in [1.165, 1.54) is 0 Å². The fourth-order valence-electron chi connectivity index (χ4n) is 1.33. The minimum atomic E-state index is -1.68. The Morgan fingerprint density at radius 3 is 2.31 bits per heavy atom. The highest BCUT2D eigenvalue weighted by molar-refractivity contribution is 6.74. The molecule has 1 saturated heterocycles. The zero-order valence-electron chi connectivity index (χ0n) is 11.3. The largest absolute Gasteiger partial charge is 0.399 e. The SMILES string of the molecule is CC1OCCN[C@@H]1O[Si](C)(C)C(C)(C)C.Cl. The molecule has 16 heavy (non-hydrogen) atoms. The normalized spacial score (nSPS) is 27.4. The fourth-order valence-corrected chi connectivity index (χ4v) is 2.59. The van der Waals surface area contributed by atoms with Gasteiger partial charge in [0.1, 0.15) is 6.23 Å². The van der Waals surface area contributed by atoms with Crippen LogP contribution in [0, 0.1) is 0 Å². The molecule has 0 radical (unpaired) electrons. The Hall–Kier alpha value is 0.387. The maximum atomic E-state index is 6.26. The third-order valence-electron chi connectivity index (χ3n) is 3.48. The average molecular weight is 268 g/mol. The monoisotopic (exact) mass is 267 g/mol. The van der Waals surface area contributed by atoms with Crippen molar-refractivity contribution in [2.75, 3.05) is 13.2 Å². The van der Waals surface area contributed by atoms with Gasteiger partial charge in [-0.3, -0.25) is 5.32 Å². The van der Waals surface area contributed by atoms with Crippen LogP contribution in [0.2, 0.25) is 18.1 Å². The Balaban J connectivity index is 0.00000225. The van der Waals surface area contributed by atoms with Crippen molar-refractivity contribution in [1.82, 2.24) is 5.32 Å². The molecule has 1 rings (SSSR count). The Morgan fingerprint density at radius 2 is 1.88 bits per heavy atom. The molecule has 1 aliphatic rings. The molecule has 5 heteroatoms. The number of nitrogens with one attached hydrogen (secondary N) is 1. The predicted molar refractivity (Wildman–Crippen MR) is 72.7 cm³/mol. The van der Waals surface area contributed by atoms with Crippen LogP contribution in [0.25, 0.3) is 0 Å². The van der Waals surface area contributed by atoms with Gasteiger partial charge in [0.2, 0.25) is 0 Å². The molecule has 0 bridgehead atoms. The molecular formula is C11H26ClNO2Si. The van der Waals surface area contributed by atoms with Crippen LogP contribution in [0.3, 0.4) is 0 Å². The summed E-state index contributed by atoms with van der Waals surface area (Å²) in [5.41, 5.74) is 0. The topological polar surface area (TPSA) is 30.5 Å². The number of morpholine rings is 1. The highest BCUT2D eigenvalue weighted by Crippen LogP contribution is 2.37. The van der Waals surface area contributed by atoms with Crippen LogP contribution in [0.4, 0.5) is 0 Å². The number of ether oxygens (including phenoxy) is 1. The first-order valence-corrected chi connectivity index (χ1v) is 8.68. The van der Waals surface area contributed by atoms with Crippen molar-refractivity contribution in [3.05, 3.63) is 0 Å². The minimum Gasteiger partial charge on any atom is -0.399 e. The lowest BCUT2D eigenvalue weighted by molar-refractivity contribution is -0.0662. The highest BCUT2D eigenvalue weighted by atomic mass is 35.5. The van der Waals surface area contributed by atoms with Gasteiger partial charge in [0.05, 0.1) is 12.7 Å². The molecule has 1 unspecified atom stereocenters. The molecule has 0 saturated carbocycles. The van der Waals surface area contributed by atoms with Gasteiger partial charge in [0.25, 0.3) is 0 Å². The molecular weight excluding hydrogens is 242 g/mol. The molecule has 0 aromatic rings. The summed E-state index contributed by atoms with van der Waals surface area (Å²) in [5, 5.41) is 3.64. The van der Waals surface area contributed by atoms with Crippen molar-refractivity contribution in [2.24, 2.45) is 0 Å². The van der Waals surface area contributed by atoms with Crippen molar-refractivity contribution >= 4 is 20.7 Å². The molecule has 98 valence electrons. The molecule has 0 spiro atoms. The smallest absolute Gasteiger partial charge is 0.194 e. The Kier molecular flexibility index (Phi) is 5.96. The second kappa shape index (κ2) is 5.82. The van der Waals surface area contributed by atoms with Crippen molar-refractivity contribution in [3.8, 4) is 0 Å². The van der Waals surface area contributed by atoms with Gasteiger partial charge in [0.15, 0.2) is 8.32 Å². The van der Waals surface area contributed by atoms with E-state index in [9.17, 15) is 0 Å². The molecule has 0 aromatic carbocycles. The maximum Gasteiger partial charge on any atom is 0.194 e. The van der Waals surface area contributed by atoms with Gasteiger partial charge in [0, 0.05) is 6.54 Å². The molecule has 1 N–H and O–H groups in total. The van der Waals surface area contributed by atoms with Gasteiger partial charge in [-0.05, 0) is 25.1 Å². The van der Waals surface area contributed by atoms with Crippen molar-refractivity contribution < 1.29 is 9.16 Å². The summed E-state index contributed by atoms with van der Waals surface area (Å²) in [5.74, 6) is 0. The van der Waals surface area contributed by atoms with Crippen LogP contribution < -0.4 is 5.32 Å². The van der Waals surface area contributed by atoms with Crippen LogP contribution in [-0.2, 0) is 9.16 Å². The van der Waals surface area contributed by atoms with Crippen LogP contribution in [0.15, 0.2) is 0 Å². The van der Waals surface area contributed by atoms with Gasteiger partial charge in [-0.2, -0.15) is 0 Å². The van der Waals surface area contributed by atoms with Gasteiger partial charge in [-0.1, -0.05) is 20.8 Å². The van der Waals surface area contributed by atoms with E-state index in [-0.39, 0.29) is 29.8 Å². The summed E-state index contributed by atoms with van der Waals surface area (Å²) >= 11 is 0. The standard InChI is InChI=1S/C11H25NO2Si.ClH/c1-9-10(12-7-8-13-9)14-15(5,6)11(2,3)4;/h9-10,12H,7-8H2,1-6H3;1H/t9?,10-;/m1./s1. The first-order chi connectivity index (χ1) is 6.74. The average Bonchev–Trinajstić information content (AvgIpc) is 2.06. The van der Waals surface area contributed by atoms with Gasteiger partial charge >= 0.3 is 0 Å². The van der Waals surface area contributed by atoms with E-state index >= 15 is 0 Å². The number of hydrogen-bond donors (Lipinski definition) is 1. The third kappa shape index (κ3) is 4.00. The second-order valence-electron chi connectivity index (χ2n) is 5.83. The van der Waals surface area contributed by atoms with Gasteiger partial charge in [-0.15, -0.1) is 12.4 Å². The predicted octanol–water partition coefficient (Wildman–Crippen LogP) is 2.76.